The van der Waals surface area contributed by atoms with Crippen molar-refractivity contribution in [2.45, 2.75) is 51.1 Å². The summed E-state index contributed by atoms with van der Waals surface area (Å²) >= 11 is 1.64. The lowest BCUT2D eigenvalue weighted by Crippen LogP contribution is -2.53. The summed E-state index contributed by atoms with van der Waals surface area (Å²) < 4.78 is 0. The third-order valence-corrected chi connectivity index (χ3v) is 6.21. The topological polar surface area (TPSA) is 66.6 Å². The molecule has 2 aliphatic rings. The fourth-order valence-corrected chi connectivity index (χ4v) is 4.69. The Bertz CT molecular complexity index is 669. The smallest absolute Gasteiger partial charge is 0.255 e. The van der Waals surface area contributed by atoms with Crippen molar-refractivity contribution in [1.82, 2.24) is 9.80 Å². The van der Waals surface area contributed by atoms with Crippen molar-refractivity contribution < 1.29 is 9.59 Å². The van der Waals surface area contributed by atoms with Crippen molar-refractivity contribution in [1.29, 1.82) is 0 Å². The predicted octanol–water partition coefficient (Wildman–Crippen LogP) is 2.45. The maximum absolute atomic E-state index is 13.0. The zero-order chi connectivity index (χ0) is 18.9. The Labute approximate surface area is 160 Å². The molecule has 0 aromatic heterocycles. The maximum atomic E-state index is 13.0. The number of thioether (sulfide) groups is 1. The lowest BCUT2D eigenvalue weighted by Gasteiger charge is -2.34. The van der Waals surface area contributed by atoms with Crippen molar-refractivity contribution in [3.63, 3.8) is 0 Å². The van der Waals surface area contributed by atoms with E-state index in [1.165, 1.54) is 5.56 Å². The molecule has 2 amide bonds. The molecule has 26 heavy (non-hydrogen) atoms. The van der Waals surface area contributed by atoms with Crippen LogP contribution in [0.4, 0.5) is 0 Å². The van der Waals surface area contributed by atoms with Crippen LogP contribution in [0.15, 0.2) is 24.3 Å². The van der Waals surface area contributed by atoms with E-state index in [1.54, 1.807) is 16.7 Å². The van der Waals surface area contributed by atoms with Gasteiger partial charge in [0.15, 0.2) is 0 Å². The van der Waals surface area contributed by atoms with Crippen LogP contribution in [-0.2, 0) is 10.2 Å². The van der Waals surface area contributed by atoms with Crippen LogP contribution in [0.25, 0.3) is 0 Å². The highest BCUT2D eigenvalue weighted by Crippen LogP contribution is 2.27. The van der Waals surface area contributed by atoms with E-state index in [4.69, 9.17) is 5.73 Å². The van der Waals surface area contributed by atoms with Gasteiger partial charge in [0.05, 0.1) is 5.88 Å². The van der Waals surface area contributed by atoms with Crippen molar-refractivity contribution in [2.24, 2.45) is 5.73 Å². The van der Waals surface area contributed by atoms with Crippen molar-refractivity contribution in [3.05, 3.63) is 35.4 Å². The number of hydrogen-bond donors (Lipinski definition) is 1. The molecule has 0 radical (unpaired) electrons. The van der Waals surface area contributed by atoms with E-state index >= 15 is 0 Å². The molecule has 2 fully saturated rings. The molecule has 0 saturated carbocycles. The molecule has 2 aliphatic heterocycles. The summed E-state index contributed by atoms with van der Waals surface area (Å²) in [4.78, 5) is 29.5. The van der Waals surface area contributed by atoms with E-state index in [0.29, 0.717) is 23.7 Å². The highest BCUT2D eigenvalue weighted by molar-refractivity contribution is 7.99. The second kappa shape index (κ2) is 7.61. The monoisotopic (exact) mass is 375 g/mol. The molecule has 5 nitrogen and oxygen atoms in total. The molecule has 6 heteroatoms. The largest absolute Gasteiger partial charge is 0.339 e. The van der Waals surface area contributed by atoms with Gasteiger partial charge in [0.1, 0.15) is 6.04 Å². The standard InChI is InChI=1S/C20H29N3O2S/c1-20(2,3)15-8-6-14(7-9-15)18(24)23-13-26-12-17(23)19(25)22-10-4-5-16(21)11-22/h6-9,16-17H,4-5,10-13,21H2,1-3H3. The van der Waals surface area contributed by atoms with Crippen LogP contribution in [0.3, 0.4) is 0 Å². The molecule has 0 spiro atoms. The first kappa shape index (κ1) is 19.2. The van der Waals surface area contributed by atoms with Crippen molar-refractivity contribution in [2.75, 3.05) is 24.7 Å². The number of rotatable bonds is 2. The van der Waals surface area contributed by atoms with Crippen LogP contribution in [0.2, 0.25) is 0 Å². The van der Waals surface area contributed by atoms with Gasteiger partial charge >= 0.3 is 0 Å². The second-order valence-electron chi connectivity index (χ2n) is 8.30. The van der Waals surface area contributed by atoms with Gasteiger partial charge in [-0.25, -0.2) is 0 Å². The minimum absolute atomic E-state index is 0.0461. The summed E-state index contributed by atoms with van der Waals surface area (Å²) in [6.45, 7) is 7.80. The Kier molecular flexibility index (Phi) is 5.63. The van der Waals surface area contributed by atoms with E-state index in [0.717, 1.165) is 19.4 Å². The van der Waals surface area contributed by atoms with E-state index in [9.17, 15) is 9.59 Å². The quantitative estimate of drug-likeness (QED) is 0.862. The van der Waals surface area contributed by atoms with Crippen LogP contribution in [-0.4, -0.2) is 58.4 Å². The van der Waals surface area contributed by atoms with Gasteiger partial charge in [0.25, 0.3) is 5.91 Å². The minimum atomic E-state index is -0.375. The number of carbonyl (C=O) groups excluding carboxylic acids is 2. The highest BCUT2D eigenvalue weighted by atomic mass is 32.2. The molecule has 3 rings (SSSR count). The zero-order valence-corrected chi connectivity index (χ0v) is 16.7. The molecule has 0 bridgehead atoms. The number of amides is 2. The Morgan fingerprint density at radius 2 is 1.88 bits per heavy atom. The Hall–Kier alpha value is -1.53. The lowest BCUT2D eigenvalue weighted by atomic mass is 9.86. The second-order valence-corrected chi connectivity index (χ2v) is 9.30. The van der Waals surface area contributed by atoms with Gasteiger partial charge in [-0.1, -0.05) is 32.9 Å². The molecule has 1 aromatic carbocycles. The van der Waals surface area contributed by atoms with Gasteiger partial charge in [0, 0.05) is 30.4 Å². The molecular formula is C20H29N3O2S. The van der Waals surface area contributed by atoms with Crippen LogP contribution in [0, 0.1) is 0 Å². The first-order valence-electron chi connectivity index (χ1n) is 9.31. The van der Waals surface area contributed by atoms with Crippen LogP contribution >= 0.6 is 11.8 Å². The number of likely N-dealkylation sites (tertiary alicyclic amines) is 1. The fraction of sp³-hybridized carbons (Fsp3) is 0.600. The van der Waals surface area contributed by atoms with Crippen molar-refractivity contribution >= 4 is 23.6 Å². The Morgan fingerprint density at radius 1 is 1.19 bits per heavy atom. The molecule has 2 heterocycles. The summed E-state index contributed by atoms with van der Waals surface area (Å²) in [6, 6.07) is 7.46. The number of hydrogen-bond acceptors (Lipinski definition) is 4. The molecule has 142 valence electrons. The SMILES string of the molecule is CC(C)(C)c1ccc(C(=O)N2CSCC2C(=O)N2CCCC(N)C2)cc1. The molecule has 2 atom stereocenters. The van der Waals surface area contributed by atoms with E-state index in [2.05, 4.69) is 20.8 Å². The van der Waals surface area contributed by atoms with Gasteiger partial charge in [-0.3, -0.25) is 9.59 Å². The summed E-state index contributed by atoms with van der Waals surface area (Å²) in [5, 5.41) is 0. The molecule has 1 aromatic rings. The molecular weight excluding hydrogens is 346 g/mol. The third kappa shape index (κ3) is 4.07. The number of carbonyl (C=O) groups is 2. The number of nitrogens with two attached hydrogens (primary N) is 1. The average Bonchev–Trinajstić information content (AvgIpc) is 3.09. The summed E-state index contributed by atoms with van der Waals surface area (Å²) in [7, 11) is 0. The van der Waals surface area contributed by atoms with Gasteiger partial charge < -0.3 is 15.5 Å². The molecule has 2 saturated heterocycles. The highest BCUT2D eigenvalue weighted by Gasteiger charge is 2.38. The Balaban J connectivity index is 1.73. The van der Waals surface area contributed by atoms with E-state index < -0.39 is 0 Å². The van der Waals surface area contributed by atoms with E-state index in [1.807, 2.05) is 29.2 Å². The third-order valence-electron chi connectivity index (χ3n) is 5.20. The van der Waals surface area contributed by atoms with Crippen LogP contribution < -0.4 is 5.73 Å². The van der Waals surface area contributed by atoms with Gasteiger partial charge in [-0.05, 0) is 36.0 Å². The van der Waals surface area contributed by atoms with E-state index in [-0.39, 0.29) is 29.3 Å². The average molecular weight is 376 g/mol. The van der Waals surface area contributed by atoms with Gasteiger partial charge in [-0.2, -0.15) is 0 Å². The number of nitrogens with zero attached hydrogens (tertiary/aromatic N) is 2. The summed E-state index contributed by atoms with van der Waals surface area (Å²) in [5.41, 5.74) is 7.91. The van der Waals surface area contributed by atoms with Crippen LogP contribution in [0.1, 0.15) is 49.5 Å². The lowest BCUT2D eigenvalue weighted by molar-refractivity contribution is -0.136. The first-order chi connectivity index (χ1) is 12.3. The number of benzene rings is 1. The summed E-state index contributed by atoms with van der Waals surface area (Å²) in [6.07, 6.45) is 1.90. The molecule has 0 aliphatic carbocycles. The molecule has 2 unspecified atom stereocenters. The first-order valence-corrected chi connectivity index (χ1v) is 10.5. The van der Waals surface area contributed by atoms with Gasteiger partial charge in [-0.15, -0.1) is 11.8 Å². The fourth-order valence-electron chi connectivity index (χ4n) is 3.55. The van der Waals surface area contributed by atoms with Gasteiger partial charge in [0.2, 0.25) is 5.91 Å². The number of piperidine rings is 1. The molecule has 2 N–H and O–H groups in total. The van der Waals surface area contributed by atoms with Crippen molar-refractivity contribution in [3.8, 4) is 0 Å². The zero-order valence-electron chi connectivity index (χ0n) is 15.9. The maximum Gasteiger partial charge on any atom is 0.255 e. The predicted molar refractivity (Wildman–Crippen MR) is 106 cm³/mol. The van der Waals surface area contributed by atoms with Crippen LogP contribution in [0.5, 0.6) is 0 Å². The normalized spacial score (nSPS) is 24.0. The summed E-state index contributed by atoms with van der Waals surface area (Å²) in [5.74, 6) is 1.21. The minimum Gasteiger partial charge on any atom is -0.339 e. The Morgan fingerprint density at radius 3 is 2.50 bits per heavy atom.